The molecule has 0 saturated heterocycles. The average molecular weight is 219 g/mol. The highest BCUT2D eigenvalue weighted by Gasteiger charge is 2.10. The average Bonchev–Trinajstić information content (AvgIpc) is 2.64. The molecule has 0 aromatic carbocycles. The predicted molar refractivity (Wildman–Crippen MR) is 55.6 cm³/mol. The van der Waals surface area contributed by atoms with Gasteiger partial charge in [0.1, 0.15) is 5.82 Å². The largest absolute Gasteiger partial charge is 0.384 e. The molecule has 0 aliphatic heterocycles. The highest BCUT2D eigenvalue weighted by atomic mass is 16.5. The summed E-state index contributed by atoms with van der Waals surface area (Å²) in [4.78, 5) is 19.3. The molecule has 2 heterocycles. The Morgan fingerprint density at radius 1 is 1.56 bits per heavy atom. The van der Waals surface area contributed by atoms with Crippen molar-refractivity contribution in [3.05, 3.63) is 29.7 Å². The van der Waals surface area contributed by atoms with E-state index >= 15 is 0 Å². The summed E-state index contributed by atoms with van der Waals surface area (Å²) >= 11 is 0. The van der Waals surface area contributed by atoms with Crippen molar-refractivity contribution in [1.29, 1.82) is 0 Å². The number of rotatable bonds is 2. The van der Waals surface area contributed by atoms with E-state index in [9.17, 15) is 4.79 Å². The molecule has 0 aliphatic rings. The molecule has 82 valence electrons. The molecule has 1 amide bonds. The third-order valence-electron chi connectivity index (χ3n) is 1.79. The van der Waals surface area contributed by atoms with Crippen LogP contribution in [0.15, 0.2) is 22.9 Å². The maximum atomic E-state index is 11.7. The quantitative estimate of drug-likeness (QED) is 0.766. The Labute approximate surface area is 90.7 Å². The number of nitrogens with zero attached hydrogens (tertiary/aromatic N) is 3. The molecule has 0 unspecified atom stereocenters. The Bertz CT molecular complexity index is 522. The lowest BCUT2D eigenvalue weighted by Crippen LogP contribution is -2.12. The summed E-state index contributed by atoms with van der Waals surface area (Å²) < 4.78 is 4.75. The fourth-order valence-electron chi connectivity index (χ4n) is 1.11. The van der Waals surface area contributed by atoms with Crippen LogP contribution in [0.3, 0.4) is 0 Å². The number of aromatic nitrogens is 3. The van der Waals surface area contributed by atoms with Crippen molar-refractivity contribution in [2.24, 2.45) is 0 Å². The minimum Gasteiger partial charge on any atom is -0.384 e. The lowest BCUT2D eigenvalue weighted by Gasteiger charge is -2.00. The first-order valence-electron chi connectivity index (χ1n) is 4.48. The van der Waals surface area contributed by atoms with Crippen LogP contribution in [-0.2, 0) is 0 Å². The zero-order valence-electron chi connectivity index (χ0n) is 8.47. The van der Waals surface area contributed by atoms with Gasteiger partial charge in [0.2, 0.25) is 0 Å². The van der Waals surface area contributed by atoms with E-state index in [0.717, 1.165) is 0 Å². The number of aryl methyl sites for hydroxylation is 1. The topological polar surface area (TPSA) is 107 Å². The van der Waals surface area contributed by atoms with E-state index in [2.05, 4.69) is 20.4 Å². The van der Waals surface area contributed by atoms with Crippen LogP contribution in [0.25, 0.3) is 0 Å². The smallest absolute Gasteiger partial charge is 0.328 e. The first kappa shape index (κ1) is 10.1. The van der Waals surface area contributed by atoms with Gasteiger partial charge >= 0.3 is 6.01 Å². The number of nitrogens with one attached hydrogen (secondary N) is 1. The molecule has 2 aromatic heterocycles. The summed E-state index contributed by atoms with van der Waals surface area (Å²) in [6.07, 6.45) is 1.45. The Morgan fingerprint density at radius 3 is 3.00 bits per heavy atom. The number of hydrogen-bond acceptors (Lipinski definition) is 6. The van der Waals surface area contributed by atoms with Crippen LogP contribution in [0.5, 0.6) is 0 Å². The van der Waals surface area contributed by atoms with Gasteiger partial charge in [0.05, 0.1) is 0 Å². The third kappa shape index (κ3) is 2.14. The minimum atomic E-state index is -0.377. The zero-order chi connectivity index (χ0) is 11.5. The molecule has 16 heavy (non-hydrogen) atoms. The van der Waals surface area contributed by atoms with E-state index in [4.69, 9.17) is 10.3 Å². The maximum absolute atomic E-state index is 11.7. The van der Waals surface area contributed by atoms with Crippen molar-refractivity contribution >= 4 is 17.7 Å². The lowest BCUT2D eigenvalue weighted by atomic mass is 10.2. The Morgan fingerprint density at radius 2 is 2.38 bits per heavy atom. The highest BCUT2D eigenvalue weighted by Crippen LogP contribution is 2.07. The first-order chi connectivity index (χ1) is 7.65. The second-order valence-electron chi connectivity index (χ2n) is 3.07. The number of amides is 1. The fraction of sp³-hybridized carbons (Fsp3) is 0.111. The number of nitrogen functional groups attached to an aromatic ring is 1. The normalized spacial score (nSPS) is 10.1. The number of pyridine rings is 1. The summed E-state index contributed by atoms with van der Waals surface area (Å²) in [7, 11) is 0. The van der Waals surface area contributed by atoms with Crippen LogP contribution in [0.2, 0.25) is 0 Å². The molecule has 0 fully saturated rings. The van der Waals surface area contributed by atoms with Crippen molar-refractivity contribution < 1.29 is 9.32 Å². The molecule has 0 bridgehead atoms. The zero-order valence-corrected chi connectivity index (χ0v) is 8.47. The number of hydrogen-bond donors (Lipinski definition) is 2. The Kier molecular flexibility index (Phi) is 2.50. The van der Waals surface area contributed by atoms with Crippen molar-refractivity contribution in [3.63, 3.8) is 0 Å². The van der Waals surface area contributed by atoms with E-state index < -0.39 is 0 Å². The summed E-state index contributed by atoms with van der Waals surface area (Å²) in [5.41, 5.74) is 5.83. The van der Waals surface area contributed by atoms with Crippen LogP contribution >= 0.6 is 0 Å². The summed E-state index contributed by atoms with van der Waals surface area (Å²) in [5.74, 6) is 0.344. The molecule has 0 atom stereocenters. The van der Waals surface area contributed by atoms with E-state index in [1.807, 2.05) is 0 Å². The predicted octanol–water partition coefficient (Wildman–Crippen LogP) is 0.608. The van der Waals surface area contributed by atoms with Crippen LogP contribution in [0, 0.1) is 6.92 Å². The highest BCUT2D eigenvalue weighted by molar-refractivity contribution is 6.03. The first-order valence-corrected chi connectivity index (χ1v) is 4.48. The lowest BCUT2D eigenvalue weighted by molar-refractivity contribution is 0.102. The van der Waals surface area contributed by atoms with Crippen LogP contribution in [0.1, 0.15) is 16.2 Å². The van der Waals surface area contributed by atoms with Gasteiger partial charge in [0.15, 0.2) is 5.82 Å². The molecule has 0 radical (unpaired) electrons. The third-order valence-corrected chi connectivity index (χ3v) is 1.79. The minimum absolute atomic E-state index is 0.0536. The van der Waals surface area contributed by atoms with Gasteiger partial charge in [-0.25, -0.2) is 4.98 Å². The molecular weight excluding hydrogens is 210 g/mol. The molecule has 0 saturated carbocycles. The van der Waals surface area contributed by atoms with Gasteiger partial charge in [-0.3, -0.25) is 10.1 Å². The van der Waals surface area contributed by atoms with E-state index in [1.54, 1.807) is 6.92 Å². The SMILES string of the molecule is Cc1noc(NC(=O)c2ccnc(N)c2)n1. The molecule has 2 aromatic rings. The van der Waals surface area contributed by atoms with E-state index in [1.165, 1.54) is 18.3 Å². The number of carbonyl (C=O) groups excluding carboxylic acids is 1. The molecule has 0 aliphatic carbocycles. The molecule has 0 spiro atoms. The fourth-order valence-corrected chi connectivity index (χ4v) is 1.11. The summed E-state index contributed by atoms with van der Waals surface area (Å²) in [6.45, 7) is 1.66. The standard InChI is InChI=1S/C9H9N5O2/c1-5-12-9(16-14-5)13-8(15)6-2-3-11-7(10)4-6/h2-4H,1H3,(H2,10,11)(H,12,13,14,15). The van der Waals surface area contributed by atoms with Crippen LogP contribution < -0.4 is 11.1 Å². The van der Waals surface area contributed by atoms with Crippen molar-refractivity contribution in [2.75, 3.05) is 11.1 Å². The number of carbonyl (C=O) groups is 1. The Balaban J connectivity index is 2.14. The molecular formula is C9H9N5O2. The monoisotopic (exact) mass is 219 g/mol. The molecule has 2 rings (SSSR count). The van der Waals surface area contributed by atoms with Gasteiger partial charge in [-0.15, -0.1) is 0 Å². The Hall–Kier alpha value is -2.44. The van der Waals surface area contributed by atoms with Gasteiger partial charge in [-0.2, -0.15) is 4.98 Å². The van der Waals surface area contributed by atoms with Crippen LogP contribution in [0.4, 0.5) is 11.8 Å². The second-order valence-corrected chi connectivity index (χ2v) is 3.07. The van der Waals surface area contributed by atoms with Crippen molar-refractivity contribution in [2.45, 2.75) is 6.92 Å². The summed E-state index contributed by atoms with van der Waals surface area (Å²) in [6, 6.07) is 3.05. The molecule has 7 nitrogen and oxygen atoms in total. The summed E-state index contributed by atoms with van der Waals surface area (Å²) in [5, 5.41) is 5.99. The number of nitrogens with two attached hydrogens (primary N) is 1. The van der Waals surface area contributed by atoms with Gasteiger partial charge in [0.25, 0.3) is 5.91 Å². The van der Waals surface area contributed by atoms with Crippen molar-refractivity contribution in [1.82, 2.24) is 15.1 Å². The van der Waals surface area contributed by atoms with Gasteiger partial charge in [-0.05, 0) is 19.1 Å². The second kappa shape index (κ2) is 3.97. The van der Waals surface area contributed by atoms with Gasteiger partial charge < -0.3 is 10.3 Å². The van der Waals surface area contributed by atoms with E-state index in [-0.39, 0.29) is 17.7 Å². The number of anilines is 2. The molecule has 7 heteroatoms. The maximum Gasteiger partial charge on any atom is 0.328 e. The van der Waals surface area contributed by atoms with Crippen LogP contribution in [-0.4, -0.2) is 21.0 Å². The molecule has 3 N–H and O–H groups in total. The van der Waals surface area contributed by atoms with Crippen molar-refractivity contribution in [3.8, 4) is 0 Å². The van der Waals surface area contributed by atoms with Gasteiger partial charge in [-0.1, -0.05) is 5.16 Å². The van der Waals surface area contributed by atoms with E-state index in [0.29, 0.717) is 11.4 Å². The van der Waals surface area contributed by atoms with Gasteiger partial charge in [0, 0.05) is 11.8 Å².